The van der Waals surface area contributed by atoms with Crippen molar-refractivity contribution in [3.63, 3.8) is 0 Å². The van der Waals surface area contributed by atoms with Crippen molar-refractivity contribution in [3.8, 4) is 0 Å². The Balaban J connectivity index is -0.000000392. The van der Waals surface area contributed by atoms with Crippen LogP contribution in [0.15, 0.2) is 30.3 Å². The molecule has 0 amide bonds. The Labute approximate surface area is 133 Å². The van der Waals surface area contributed by atoms with E-state index in [1.54, 1.807) is 0 Å². The van der Waals surface area contributed by atoms with E-state index >= 15 is 0 Å². The molecule has 114 valence electrons. The summed E-state index contributed by atoms with van der Waals surface area (Å²) in [4.78, 5) is 0. The van der Waals surface area contributed by atoms with E-state index in [4.69, 9.17) is 5.73 Å². The largest absolute Gasteiger partial charge is 0.326 e. The second-order valence-electron chi connectivity index (χ2n) is 3.65. The van der Waals surface area contributed by atoms with Crippen molar-refractivity contribution < 1.29 is 0 Å². The van der Waals surface area contributed by atoms with Crippen LogP contribution in [0.3, 0.4) is 0 Å². The van der Waals surface area contributed by atoms with Gasteiger partial charge in [-0.1, -0.05) is 58.0 Å². The molecule has 1 aliphatic rings. The van der Waals surface area contributed by atoms with Crippen LogP contribution in [0.1, 0.15) is 52.1 Å². The zero-order valence-electron chi connectivity index (χ0n) is 12.7. The van der Waals surface area contributed by atoms with E-state index in [1.807, 2.05) is 33.8 Å². The molecule has 1 aliphatic heterocycles. The lowest BCUT2D eigenvalue weighted by atomic mass is 9.93. The maximum Gasteiger partial charge on any atom is 0.0473 e. The van der Waals surface area contributed by atoms with Crippen molar-refractivity contribution in [2.45, 2.75) is 52.6 Å². The Kier molecular flexibility index (Phi) is 20.0. The number of hydrogen-bond donors (Lipinski definition) is 2. The fraction of sp³-hybridized carbons (Fsp3) is 0.600. The normalized spacial score (nSPS) is 20.3. The Morgan fingerprint density at radius 1 is 1.00 bits per heavy atom. The predicted octanol–water partition coefficient (Wildman–Crippen LogP) is 3.72. The van der Waals surface area contributed by atoms with Gasteiger partial charge in [0, 0.05) is 12.1 Å². The van der Waals surface area contributed by atoms with Gasteiger partial charge in [0.25, 0.3) is 0 Å². The van der Waals surface area contributed by atoms with Crippen LogP contribution in [0.25, 0.3) is 0 Å². The Morgan fingerprint density at radius 3 is 2.00 bits per heavy atom. The van der Waals surface area contributed by atoms with Gasteiger partial charge >= 0.3 is 0 Å². The third-order valence-corrected chi connectivity index (χ3v) is 2.67. The number of rotatable bonds is 1. The predicted molar refractivity (Wildman–Crippen MR) is 97.9 cm³/mol. The topological polar surface area (TPSA) is 38.0 Å². The highest BCUT2D eigenvalue weighted by molar-refractivity contribution is 7.59. The molecule has 0 unspecified atom stereocenters. The molecule has 1 fully saturated rings. The molecule has 1 heterocycles. The molecule has 0 bridgehead atoms. The zero-order valence-corrected chi connectivity index (χ0v) is 14.7. The molecule has 0 saturated carbocycles. The molecular weight excluding hydrogens is 272 g/mol. The Morgan fingerprint density at radius 2 is 1.53 bits per heavy atom. The molecule has 1 saturated heterocycles. The first kappa shape index (κ1) is 23.9. The van der Waals surface area contributed by atoms with Gasteiger partial charge < -0.3 is 11.1 Å². The highest BCUT2D eigenvalue weighted by Gasteiger charge is 2.21. The third kappa shape index (κ3) is 8.58. The van der Waals surface area contributed by atoms with Gasteiger partial charge in [-0.3, -0.25) is 0 Å². The summed E-state index contributed by atoms with van der Waals surface area (Å²) in [6, 6.07) is 11.1. The standard InChI is InChI=1S/C11H16N2.2C2H6.2H2S/c12-10-7-4-8-13-11(10)9-5-2-1-3-6-9;2*1-2;;/h1-3,5-6,10-11,13H,4,7-8,12H2;2*1-2H3;2*1H2/t10-,11-;;;;/m0..../s1. The highest BCUT2D eigenvalue weighted by atomic mass is 32.1. The number of nitrogens with two attached hydrogens (primary N) is 1. The van der Waals surface area contributed by atoms with E-state index in [0.717, 1.165) is 13.0 Å². The van der Waals surface area contributed by atoms with Crippen molar-refractivity contribution in [3.05, 3.63) is 35.9 Å². The number of hydrogen-bond acceptors (Lipinski definition) is 2. The lowest BCUT2D eigenvalue weighted by molar-refractivity contribution is 0.358. The fourth-order valence-corrected chi connectivity index (χ4v) is 1.94. The van der Waals surface area contributed by atoms with Gasteiger partial charge in [-0.05, 0) is 24.9 Å². The van der Waals surface area contributed by atoms with Gasteiger partial charge in [0.15, 0.2) is 0 Å². The summed E-state index contributed by atoms with van der Waals surface area (Å²) >= 11 is 0. The van der Waals surface area contributed by atoms with E-state index in [2.05, 4.69) is 29.6 Å². The summed E-state index contributed by atoms with van der Waals surface area (Å²) < 4.78 is 0. The molecule has 3 N–H and O–H groups in total. The summed E-state index contributed by atoms with van der Waals surface area (Å²) in [5.74, 6) is 0. The molecule has 2 atom stereocenters. The van der Waals surface area contributed by atoms with Crippen molar-refractivity contribution in [1.29, 1.82) is 0 Å². The van der Waals surface area contributed by atoms with Crippen LogP contribution in [0, 0.1) is 0 Å². The minimum Gasteiger partial charge on any atom is -0.326 e. The van der Waals surface area contributed by atoms with Crippen molar-refractivity contribution in [2.24, 2.45) is 5.73 Å². The zero-order chi connectivity index (χ0) is 13.1. The first-order valence-electron chi connectivity index (χ1n) is 6.92. The summed E-state index contributed by atoms with van der Waals surface area (Å²) in [5, 5.41) is 3.46. The van der Waals surface area contributed by atoms with Crippen LogP contribution in [-0.4, -0.2) is 12.6 Å². The van der Waals surface area contributed by atoms with Gasteiger partial charge in [-0.2, -0.15) is 27.0 Å². The number of nitrogens with one attached hydrogen (secondary N) is 1. The van der Waals surface area contributed by atoms with E-state index in [9.17, 15) is 0 Å². The molecule has 0 aromatic heterocycles. The van der Waals surface area contributed by atoms with Gasteiger partial charge in [0.1, 0.15) is 0 Å². The van der Waals surface area contributed by atoms with Crippen LogP contribution < -0.4 is 11.1 Å². The molecule has 2 rings (SSSR count). The van der Waals surface area contributed by atoms with E-state index in [-0.39, 0.29) is 33.0 Å². The molecule has 0 aliphatic carbocycles. The molecule has 0 spiro atoms. The smallest absolute Gasteiger partial charge is 0.0473 e. The Bertz CT molecular complexity index is 268. The first-order chi connectivity index (χ1) is 8.38. The van der Waals surface area contributed by atoms with Crippen LogP contribution in [0.4, 0.5) is 0 Å². The summed E-state index contributed by atoms with van der Waals surface area (Å²) in [7, 11) is 0. The lowest BCUT2D eigenvalue weighted by Crippen LogP contribution is -2.42. The first-order valence-corrected chi connectivity index (χ1v) is 6.92. The lowest BCUT2D eigenvalue weighted by Gasteiger charge is -2.30. The molecule has 4 heteroatoms. The summed E-state index contributed by atoms with van der Waals surface area (Å²) in [5.41, 5.74) is 7.36. The van der Waals surface area contributed by atoms with Crippen molar-refractivity contribution in [1.82, 2.24) is 5.32 Å². The molecule has 2 nitrogen and oxygen atoms in total. The average molecular weight is 305 g/mol. The van der Waals surface area contributed by atoms with Gasteiger partial charge in [0.05, 0.1) is 0 Å². The van der Waals surface area contributed by atoms with E-state index in [1.165, 1.54) is 12.0 Å². The van der Waals surface area contributed by atoms with Crippen LogP contribution in [-0.2, 0) is 0 Å². The molecule has 19 heavy (non-hydrogen) atoms. The van der Waals surface area contributed by atoms with Crippen LogP contribution in [0.5, 0.6) is 0 Å². The quantitative estimate of drug-likeness (QED) is 0.830. The second kappa shape index (κ2) is 15.9. The molecule has 0 radical (unpaired) electrons. The maximum absolute atomic E-state index is 6.05. The molecule has 1 aromatic carbocycles. The van der Waals surface area contributed by atoms with Crippen molar-refractivity contribution in [2.75, 3.05) is 6.54 Å². The van der Waals surface area contributed by atoms with E-state index in [0.29, 0.717) is 6.04 Å². The summed E-state index contributed by atoms with van der Waals surface area (Å²) in [6.45, 7) is 9.09. The van der Waals surface area contributed by atoms with Gasteiger partial charge in [0.2, 0.25) is 0 Å². The van der Waals surface area contributed by atoms with E-state index < -0.39 is 0 Å². The minimum atomic E-state index is 0. The monoisotopic (exact) mass is 304 g/mol. The Hall–Kier alpha value is -0.160. The number of benzene rings is 1. The van der Waals surface area contributed by atoms with Gasteiger partial charge in [-0.25, -0.2) is 0 Å². The highest BCUT2D eigenvalue weighted by Crippen LogP contribution is 2.21. The summed E-state index contributed by atoms with van der Waals surface area (Å²) in [6.07, 6.45) is 2.33. The van der Waals surface area contributed by atoms with Crippen LogP contribution in [0.2, 0.25) is 0 Å². The second-order valence-corrected chi connectivity index (χ2v) is 3.65. The van der Waals surface area contributed by atoms with Crippen molar-refractivity contribution >= 4 is 27.0 Å². The molecular formula is C15H32N2S2. The fourth-order valence-electron chi connectivity index (χ4n) is 1.94. The molecule has 1 aromatic rings. The number of piperidine rings is 1. The SMILES string of the molecule is CC.CC.N[C@H]1CCCN[C@H]1c1ccccc1.S.S. The van der Waals surface area contributed by atoms with Gasteiger partial charge in [-0.15, -0.1) is 0 Å². The minimum absolute atomic E-state index is 0. The third-order valence-electron chi connectivity index (χ3n) is 2.67. The van der Waals surface area contributed by atoms with Crippen LogP contribution >= 0.6 is 27.0 Å². The average Bonchev–Trinajstić information content (AvgIpc) is 2.45. The maximum atomic E-state index is 6.05.